The molecule has 2 heterocycles. The second-order valence-corrected chi connectivity index (χ2v) is 4.07. The normalized spacial score (nSPS) is 17.6. The van der Waals surface area contributed by atoms with E-state index in [-0.39, 0.29) is 6.29 Å². The Bertz CT molecular complexity index is 332. The van der Waals surface area contributed by atoms with E-state index >= 15 is 0 Å². The Labute approximate surface area is 87.2 Å². The summed E-state index contributed by atoms with van der Waals surface area (Å²) >= 11 is 1.59. The lowest BCUT2D eigenvalue weighted by Crippen LogP contribution is -2.31. The van der Waals surface area contributed by atoms with Gasteiger partial charge in [-0.05, 0) is 17.5 Å². The van der Waals surface area contributed by atoms with Crippen molar-refractivity contribution in [2.75, 3.05) is 14.1 Å². The summed E-state index contributed by atoms with van der Waals surface area (Å²) in [6, 6.07) is 3.93. The number of azo groups is 1. The van der Waals surface area contributed by atoms with Gasteiger partial charge in [0.25, 0.3) is 0 Å². The van der Waals surface area contributed by atoms with Crippen molar-refractivity contribution in [2.45, 2.75) is 6.29 Å². The first-order valence-electron chi connectivity index (χ1n) is 4.34. The molecule has 1 aliphatic rings. The molecule has 74 valence electrons. The van der Waals surface area contributed by atoms with E-state index in [1.54, 1.807) is 11.3 Å². The molecule has 0 fully saturated rings. The van der Waals surface area contributed by atoms with Crippen LogP contribution in [0.3, 0.4) is 0 Å². The average molecular weight is 208 g/mol. The second kappa shape index (κ2) is 3.79. The summed E-state index contributed by atoms with van der Waals surface area (Å²) in [5.41, 5.74) is 0. The third-order valence-electron chi connectivity index (χ3n) is 2.03. The fourth-order valence-electron chi connectivity index (χ4n) is 1.25. The zero-order valence-corrected chi connectivity index (χ0v) is 8.98. The van der Waals surface area contributed by atoms with E-state index in [1.165, 1.54) is 0 Å². The smallest absolute Gasteiger partial charge is 0.217 e. The highest BCUT2D eigenvalue weighted by Gasteiger charge is 2.18. The molecule has 1 aromatic rings. The first-order valence-corrected chi connectivity index (χ1v) is 5.22. The van der Waals surface area contributed by atoms with Crippen LogP contribution < -0.4 is 0 Å². The van der Waals surface area contributed by atoms with Crippen molar-refractivity contribution in [1.82, 2.24) is 9.80 Å². The third-order valence-corrected chi connectivity index (χ3v) is 2.78. The summed E-state index contributed by atoms with van der Waals surface area (Å²) in [6.07, 6.45) is 3.97. The van der Waals surface area contributed by atoms with Crippen molar-refractivity contribution < 1.29 is 0 Å². The summed E-state index contributed by atoms with van der Waals surface area (Å²) < 4.78 is 0. The molecule has 0 spiro atoms. The number of nitrogens with zero attached hydrogens (tertiary/aromatic N) is 4. The molecule has 5 heteroatoms. The van der Waals surface area contributed by atoms with E-state index in [0.717, 1.165) is 5.00 Å². The summed E-state index contributed by atoms with van der Waals surface area (Å²) in [5, 5.41) is 11.4. The minimum Gasteiger partial charge on any atom is -0.340 e. The van der Waals surface area contributed by atoms with Crippen LogP contribution in [0.25, 0.3) is 0 Å². The SMILES string of the molecule is CN1C=CN(C)C1N=Nc1cccs1. The van der Waals surface area contributed by atoms with Gasteiger partial charge in [0.05, 0.1) is 0 Å². The molecule has 0 radical (unpaired) electrons. The van der Waals surface area contributed by atoms with Gasteiger partial charge in [0.15, 0.2) is 0 Å². The number of hydrogen-bond acceptors (Lipinski definition) is 5. The van der Waals surface area contributed by atoms with Crippen LogP contribution in [0, 0.1) is 0 Å². The first-order chi connectivity index (χ1) is 6.77. The Hall–Kier alpha value is -1.36. The Balaban J connectivity index is 2.04. The Morgan fingerprint density at radius 3 is 2.57 bits per heavy atom. The van der Waals surface area contributed by atoms with E-state index in [2.05, 4.69) is 10.2 Å². The molecule has 0 N–H and O–H groups in total. The van der Waals surface area contributed by atoms with Crippen molar-refractivity contribution in [3.05, 3.63) is 29.9 Å². The minimum absolute atomic E-state index is 0.00269. The van der Waals surface area contributed by atoms with Crippen LogP contribution in [0.4, 0.5) is 5.00 Å². The van der Waals surface area contributed by atoms with Crippen molar-refractivity contribution in [2.24, 2.45) is 10.2 Å². The van der Waals surface area contributed by atoms with E-state index in [9.17, 15) is 0 Å². The minimum atomic E-state index is -0.00269. The van der Waals surface area contributed by atoms with Gasteiger partial charge in [-0.3, -0.25) is 0 Å². The molecule has 0 bridgehead atoms. The summed E-state index contributed by atoms with van der Waals surface area (Å²) in [7, 11) is 3.97. The second-order valence-electron chi connectivity index (χ2n) is 3.14. The highest BCUT2D eigenvalue weighted by molar-refractivity contribution is 7.13. The van der Waals surface area contributed by atoms with Crippen LogP contribution in [0.1, 0.15) is 0 Å². The summed E-state index contributed by atoms with van der Waals surface area (Å²) in [4.78, 5) is 4.02. The largest absolute Gasteiger partial charge is 0.340 e. The molecule has 0 unspecified atom stereocenters. The zero-order chi connectivity index (χ0) is 9.97. The molecule has 1 aliphatic heterocycles. The summed E-state index contributed by atoms with van der Waals surface area (Å²) in [6.45, 7) is 0. The van der Waals surface area contributed by atoms with Gasteiger partial charge in [-0.15, -0.1) is 21.6 Å². The predicted molar refractivity (Wildman–Crippen MR) is 57.3 cm³/mol. The molecule has 0 aromatic carbocycles. The maximum absolute atomic E-state index is 4.25. The summed E-state index contributed by atoms with van der Waals surface area (Å²) in [5.74, 6) is 0. The molecule has 2 rings (SSSR count). The Morgan fingerprint density at radius 2 is 2.00 bits per heavy atom. The standard InChI is InChI=1S/C9H12N4S/c1-12-5-6-13(2)9(12)11-10-8-4-3-7-14-8/h3-7,9H,1-2H3. The monoisotopic (exact) mass is 208 g/mol. The fraction of sp³-hybridized carbons (Fsp3) is 0.333. The lowest BCUT2D eigenvalue weighted by Gasteiger charge is -2.21. The molecule has 0 amide bonds. The van der Waals surface area contributed by atoms with Crippen molar-refractivity contribution in [3.63, 3.8) is 0 Å². The molecule has 14 heavy (non-hydrogen) atoms. The van der Waals surface area contributed by atoms with Gasteiger partial charge >= 0.3 is 0 Å². The maximum Gasteiger partial charge on any atom is 0.217 e. The van der Waals surface area contributed by atoms with Gasteiger partial charge in [-0.1, -0.05) is 0 Å². The van der Waals surface area contributed by atoms with Crippen molar-refractivity contribution in [1.29, 1.82) is 0 Å². The lowest BCUT2D eigenvalue weighted by atomic mass is 10.6. The van der Waals surface area contributed by atoms with E-state index in [4.69, 9.17) is 0 Å². The molecular formula is C9H12N4S. The third kappa shape index (κ3) is 1.77. The van der Waals surface area contributed by atoms with Crippen LogP contribution in [0.2, 0.25) is 0 Å². The van der Waals surface area contributed by atoms with Gasteiger partial charge in [0, 0.05) is 26.5 Å². The molecular weight excluding hydrogens is 196 g/mol. The number of rotatable bonds is 2. The van der Waals surface area contributed by atoms with Crippen molar-refractivity contribution >= 4 is 16.3 Å². The molecule has 0 saturated heterocycles. The average Bonchev–Trinajstić information content (AvgIpc) is 2.76. The Kier molecular flexibility index (Phi) is 2.49. The van der Waals surface area contributed by atoms with Gasteiger partial charge in [0.2, 0.25) is 6.29 Å². The van der Waals surface area contributed by atoms with Gasteiger partial charge in [0.1, 0.15) is 5.00 Å². The maximum atomic E-state index is 4.25. The van der Waals surface area contributed by atoms with Crippen molar-refractivity contribution in [3.8, 4) is 0 Å². The van der Waals surface area contributed by atoms with Gasteiger partial charge < -0.3 is 9.80 Å². The topological polar surface area (TPSA) is 31.2 Å². The van der Waals surface area contributed by atoms with Gasteiger partial charge in [-0.2, -0.15) is 0 Å². The molecule has 0 atom stereocenters. The van der Waals surface area contributed by atoms with Crippen LogP contribution in [0.15, 0.2) is 40.1 Å². The van der Waals surface area contributed by atoms with E-state index in [1.807, 2.05) is 53.8 Å². The van der Waals surface area contributed by atoms with Crippen LogP contribution in [0.5, 0.6) is 0 Å². The van der Waals surface area contributed by atoms with E-state index in [0.29, 0.717) is 0 Å². The molecule has 4 nitrogen and oxygen atoms in total. The molecule has 0 saturated carbocycles. The van der Waals surface area contributed by atoms with E-state index < -0.39 is 0 Å². The number of hydrogen-bond donors (Lipinski definition) is 0. The quantitative estimate of drug-likeness (QED) is 0.699. The Morgan fingerprint density at radius 1 is 1.29 bits per heavy atom. The lowest BCUT2D eigenvalue weighted by molar-refractivity contribution is 0.207. The van der Waals surface area contributed by atoms with Gasteiger partial charge in [-0.25, -0.2) is 0 Å². The predicted octanol–water partition coefficient (Wildman–Crippen LogP) is 2.46. The molecule has 0 aliphatic carbocycles. The van der Waals surface area contributed by atoms with Crippen LogP contribution in [-0.2, 0) is 0 Å². The van der Waals surface area contributed by atoms with Crippen LogP contribution in [-0.4, -0.2) is 30.2 Å². The highest BCUT2D eigenvalue weighted by Crippen LogP contribution is 2.21. The van der Waals surface area contributed by atoms with Crippen LogP contribution >= 0.6 is 11.3 Å². The zero-order valence-electron chi connectivity index (χ0n) is 8.16. The molecule has 1 aromatic heterocycles. The first kappa shape index (κ1) is 9.21. The number of thiophene rings is 1. The fourth-order valence-corrected chi connectivity index (χ4v) is 1.80. The highest BCUT2D eigenvalue weighted by atomic mass is 32.1.